The van der Waals surface area contributed by atoms with E-state index in [1.807, 2.05) is 26.0 Å². The van der Waals surface area contributed by atoms with Crippen molar-refractivity contribution in [2.45, 2.75) is 32.7 Å². The van der Waals surface area contributed by atoms with E-state index in [1.165, 1.54) is 4.90 Å². The lowest BCUT2D eigenvalue weighted by molar-refractivity contribution is -0.137. The van der Waals surface area contributed by atoms with Crippen LogP contribution in [0, 0.1) is 11.8 Å². The van der Waals surface area contributed by atoms with Gasteiger partial charge in [0.05, 0.1) is 0 Å². The number of aliphatic carboxylic acids is 1. The predicted octanol–water partition coefficient (Wildman–Crippen LogP) is 1.74. The number of carboxylic acid groups (broad SMARTS) is 1. The normalized spacial score (nSPS) is 18.5. The highest BCUT2D eigenvalue weighted by Gasteiger charge is 2.33. The van der Waals surface area contributed by atoms with E-state index in [4.69, 9.17) is 0 Å². The van der Waals surface area contributed by atoms with Crippen molar-refractivity contribution in [1.29, 1.82) is 0 Å². The largest absolute Gasteiger partial charge is 0.480 e. The summed E-state index contributed by atoms with van der Waals surface area (Å²) >= 11 is 4.23. The predicted molar refractivity (Wildman–Crippen MR) is 98.9 cm³/mol. The summed E-state index contributed by atoms with van der Waals surface area (Å²) in [7, 11) is 0. The Morgan fingerprint density at radius 1 is 1.36 bits per heavy atom. The highest BCUT2D eigenvalue weighted by Crippen LogP contribution is 2.27. The number of amides is 2. The molecule has 0 radical (unpaired) electrons. The van der Waals surface area contributed by atoms with E-state index in [0.717, 1.165) is 5.56 Å². The molecule has 6 nitrogen and oxygen atoms in total. The zero-order valence-electron chi connectivity index (χ0n) is 14.4. The maximum atomic E-state index is 12.9. The van der Waals surface area contributed by atoms with E-state index in [2.05, 4.69) is 17.9 Å². The van der Waals surface area contributed by atoms with Crippen molar-refractivity contribution in [3.8, 4) is 0 Å². The smallest absolute Gasteiger partial charge is 0.323 e. The molecule has 1 aromatic rings. The molecular formula is C18H24N2O4S. The van der Waals surface area contributed by atoms with Crippen molar-refractivity contribution >= 4 is 36.1 Å². The molecule has 1 aliphatic heterocycles. The number of thiol groups is 1. The standard InChI is InChI=1S/C18H24N2O4S/c1-11(2)13(10-25)17(23)19-14-8-7-12-5-3-4-6-15(12)20(18(14)24)9-16(21)22/h3-6,11,13-14,25H,7-10H2,1-2H3,(H,19,23)(H,21,22)/t13-,14-/m0/s1. The van der Waals surface area contributed by atoms with Crippen LogP contribution < -0.4 is 10.2 Å². The molecular weight excluding hydrogens is 340 g/mol. The van der Waals surface area contributed by atoms with Gasteiger partial charge in [0.25, 0.3) is 0 Å². The number of nitrogens with zero attached hydrogens (tertiary/aromatic N) is 1. The number of rotatable bonds is 6. The first-order chi connectivity index (χ1) is 11.8. The maximum absolute atomic E-state index is 12.9. The van der Waals surface area contributed by atoms with E-state index in [-0.39, 0.29) is 23.7 Å². The number of para-hydroxylation sites is 1. The summed E-state index contributed by atoms with van der Waals surface area (Å²) in [5, 5.41) is 12.0. The Bertz CT molecular complexity index is 662. The molecule has 1 aliphatic rings. The van der Waals surface area contributed by atoms with Gasteiger partial charge in [-0.05, 0) is 30.4 Å². The zero-order valence-corrected chi connectivity index (χ0v) is 15.3. The number of carboxylic acids is 1. The average Bonchev–Trinajstić information content (AvgIpc) is 2.67. The van der Waals surface area contributed by atoms with Gasteiger partial charge in [-0.15, -0.1) is 0 Å². The highest BCUT2D eigenvalue weighted by atomic mass is 32.1. The molecule has 7 heteroatoms. The Morgan fingerprint density at radius 2 is 2.04 bits per heavy atom. The van der Waals surface area contributed by atoms with Gasteiger partial charge in [0.15, 0.2) is 0 Å². The number of carbonyl (C=O) groups is 3. The molecule has 2 amide bonds. The summed E-state index contributed by atoms with van der Waals surface area (Å²) in [6.45, 7) is 3.44. The molecule has 136 valence electrons. The van der Waals surface area contributed by atoms with Crippen LogP contribution in [-0.2, 0) is 20.8 Å². The van der Waals surface area contributed by atoms with Crippen LogP contribution in [0.4, 0.5) is 5.69 Å². The molecule has 0 aliphatic carbocycles. The molecule has 2 rings (SSSR count). The number of aryl methyl sites for hydroxylation is 1. The Balaban J connectivity index is 2.26. The third-order valence-corrected chi connectivity index (χ3v) is 4.89. The van der Waals surface area contributed by atoms with E-state index in [9.17, 15) is 19.5 Å². The third kappa shape index (κ3) is 4.54. The Labute approximate surface area is 153 Å². The SMILES string of the molecule is CC(C)[C@H](CS)C(=O)N[C@H]1CCc2ccccc2N(CC(=O)O)C1=O. The molecule has 0 saturated heterocycles. The first-order valence-corrected chi connectivity index (χ1v) is 9.00. The van der Waals surface area contributed by atoms with E-state index < -0.39 is 18.6 Å². The molecule has 2 N–H and O–H groups in total. The van der Waals surface area contributed by atoms with Crippen LogP contribution in [0.2, 0.25) is 0 Å². The summed E-state index contributed by atoms with van der Waals surface area (Å²) in [6.07, 6.45) is 1.03. The van der Waals surface area contributed by atoms with Crippen molar-refractivity contribution in [1.82, 2.24) is 5.32 Å². The minimum atomic E-state index is -1.09. The monoisotopic (exact) mass is 364 g/mol. The summed E-state index contributed by atoms with van der Waals surface area (Å²) in [5.41, 5.74) is 1.50. The summed E-state index contributed by atoms with van der Waals surface area (Å²) in [5.74, 6) is -1.50. The third-order valence-electron chi connectivity index (χ3n) is 4.50. The highest BCUT2D eigenvalue weighted by molar-refractivity contribution is 7.80. The Kier molecular flexibility index (Phi) is 6.47. The lowest BCUT2D eigenvalue weighted by Crippen LogP contribution is -2.51. The molecule has 1 aromatic carbocycles. The van der Waals surface area contributed by atoms with Crippen LogP contribution in [-0.4, -0.2) is 41.2 Å². The Hall–Kier alpha value is -2.02. The lowest BCUT2D eigenvalue weighted by Gasteiger charge is -2.26. The number of hydrogen-bond acceptors (Lipinski definition) is 4. The molecule has 2 atom stereocenters. The fourth-order valence-corrected chi connectivity index (χ4v) is 3.61. The molecule has 25 heavy (non-hydrogen) atoms. The van der Waals surface area contributed by atoms with Crippen molar-refractivity contribution in [3.63, 3.8) is 0 Å². The first-order valence-electron chi connectivity index (χ1n) is 8.37. The molecule has 0 unspecified atom stereocenters. The second-order valence-electron chi connectivity index (χ2n) is 6.58. The average molecular weight is 364 g/mol. The second kappa shape index (κ2) is 8.38. The van der Waals surface area contributed by atoms with Crippen LogP contribution in [0.3, 0.4) is 0 Å². The Morgan fingerprint density at radius 3 is 2.64 bits per heavy atom. The minimum absolute atomic E-state index is 0.102. The second-order valence-corrected chi connectivity index (χ2v) is 6.94. The quantitative estimate of drug-likeness (QED) is 0.671. The van der Waals surface area contributed by atoms with Gasteiger partial charge in [-0.2, -0.15) is 12.6 Å². The molecule has 1 heterocycles. The van der Waals surface area contributed by atoms with E-state index in [0.29, 0.717) is 24.3 Å². The fraction of sp³-hybridized carbons (Fsp3) is 0.500. The summed E-state index contributed by atoms with van der Waals surface area (Å²) in [4.78, 5) is 37.9. The van der Waals surface area contributed by atoms with Crippen molar-refractivity contribution < 1.29 is 19.5 Å². The minimum Gasteiger partial charge on any atom is -0.480 e. The molecule has 0 aromatic heterocycles. The number of fused-ring (bicyclic) bond motifs is 1. The lowest BCUT2D eigenvalue weighted by atomic mass is 9.96. The van der Waals surface area contributed by atoms with Gasteiger partial charge in [-0.3, -0.25) is 19.3 Å². The van der Waals surface area contributed by atoms with Crippen molar-refractivity contribution in [2.24, 2.45) is 11.8 Å². The number of benzene rings is 1. The van der Waals surface area contributed by atoms with Gasteiger partial charge >= 0.3 is 5.97 Å². The van der Waals surface area contributed by atoms with Crippen LogP contribution in [0.15, 0.2) is 24.3 Å². The van der Waals surface area contributed by atoms with Crippen LogP contribution >= 0.6 is 12.6 Å². The topological polar surface area (TPSA) is 86.7 Å². The van der Waals surface area contributed by atoms with E-state index in [1.54, 1.807) is 12.1 Å². The van der Waals surface area contributed by atoms with Gasteiger partial charge in [0.2, 0.25) is 11.8 Å². The first kappa shape index (κ1) is 19.3. The molecule has 0 bridgehead atoms. The fourth-order valence-electron chi connectivity index (χ4n) is 3.02. The van der Waals surface area contributed by atoms with Crippen molar-refractivity contribution in [2.75, 3.05) is 17.2 Å². The molecule has 0 spiro atoms. The number of nitrogens with one attached hydrogen (secondary N) is 1. The number of carbonyl (C=O) groups excluding carboxylic acids is 2. The van der Waals surface area contributed by atoms with Crippen molar-refractivity contribution in [3.05, 3.63) is 29.8 Å². The van der Waals surface area contributed by atoms with Gasteiger partial charge in [0.1, 0.15) is 12.6 Å². The zero-order chi connectivity index (χ0) is 18.6. The summed E-state index contributed by atoms with van der Waals surface area (Å²) < 4.78 is 0. The maximum Gasteiger partial charge on any atom is 0.323 e. The molecule has 0 saturated carbocycles. The number of hydrogen-bond donors (Lipinski definition) is 3. The van der Waals surface area contributed by atoms with Crippen LogP contribution in [0.1, 0.15) is 25.8 Å². The van der Waals surface area contributed by atoms with Gasteiger partial charge in [-0.25, -0.2) is 0 Å². The van der Waals surface area contributed by atoms with Gasteiger partial charge in [0, 0.05) is 17.4 Å². The summed E-state index contributed by atoms with van der Waals surface area (Å²) in [6, 6.07) is 6.52. The number of anilines is 1. The molecule has 0 fully saturated rings. The van der Waals surface area contributed by atoms with Crippen LogP contribution in [0.5, 0.6) is 0 Å². The van der Waals surface area contributed by atoms with Gasteiger partial charge in [-0.1, -0.05) is 32.0 Å². The van der Waals surface area contributed by atoms with Crippen LogP contribution in [0.25, 0.3) is 0 Å². The van der Waals surface area contributed by atoms with E-state index >= 15 is 0 Å². The van der Waals surface area contributed by atoms with Gasteiger partial charge < -0.3 is 10.4 Å².